The fourth-order valence-corrected chi connectivity index (χ4v) is 2.17. The average molecular weight is 252 g/mol. The van der Waals surface area contributed by atoms with Crippen molar-refractivity contribution in [1.82, 2.24) is 4.90 Å². The maximum absolute atomic E-state index is 10.2. The molecule has 100 valence electrons. The van der Waals surface area contributed by atoms with Crippen LogP contribution in [0.15, 0.2) is 24.3 Å². The summed E-state index contributed by atoms with van der Waals surface area (Å²) in [6, 6.07) is 7.29. The van der Waals surface area contributed by atoms with E-state index in [0.717, 1.165) is 12.1 Å². The molecule has 1 fully saturated rings. The Bertz CT molecular complexity index is 386. The SMILES string of the molecule is Nc1cccc(C(O)CN2CCOC(CO)C2)c1. The second-order valence-electron chi connectivity index (χ2n) is 4.62. The number of benzene rings is 1. The molecular weight excluding hydrogens is 232 g/mol. The molecule has 2 atom stereocenters. The monoisotopic (exact) mass is 252 g/mol. The number of morpholine rings is 1. The number of aliphatic hydroxyl groups excluding tert-OH is 2. The zero-order valence-corrected chi connectivity index (χ0v) is 10.3. The third-order valence-electron chi connectivity index (χ3n) is 3.15. The first-order chi connectivity index (χ1) is 8.69. The van der Waals surface area contributed by atoms with Gasteiger partial charge < -0.3 is 20.7 Å². The minimum Gasteiger partial charge on any atom is -0.399 e. The summed E-state index contributed by atoms with van der Waals surface area (Å²) in [5, 5.41) is 19.2. The normalized spacial score (nSPS) is 22.9. The van der Waals surface area contributed by atoms with Gasteiger partial charge in [0.05, 0.1) is 25.4 Å². The van der Waals surface area contributed by atoms with Crippen molar-refractivity contribution in [2.45, 2.75) is 12.2 Å². The van der Waals surface area contributed by atoms with Crippen LogP contribution in [0.5, 0.6) is 0 Å². The number of hydrogen-bond donors (Lipinski definition) is 3. The van der Waals surface area contributed by atoms with Gasteiger partial charge in [-0.3, -0.25) is 4.90 Å². The highest BCUT2D eigenvalue weighted by Crippen LogP contribution is 2.18. The standard InChI is InChI=1S/C13H20N2O3/c14-11-3-1-2-10(6-11)13(17)8-15-4-5-18-12(7-15)9-16/h1-3,6,12-13,16-17H,4-5,7-9,14H2. The molecule has 0 saturated carbocycles. The van der Waals surface area contributed by atoms with Gasteiger partial charge in [-0.05, 0) is 17.7 Å². The summed E-state index contributed by atoms with van der Waals surface area (Å²) in [6.45, 7) is 2.56. The van der Waals surface area contributed by atoms with Crippen LogP contribution in [0.25, 0.3) is 0 Å². The molecule has 0 radical (unpaired) electrons. The van der Waals surface area contributed by atoms with Crippen molar-refractivity contribution < 1.29 is 14.9 Å². The zero-order chi connectivity index (χ0) is 13.0. The molecule has 1 aliphatic heterocycles. The number of rotatable bonds is 4. The maximum atomic E-state index is 10.2. The van der Waals surface area contributed by atoms with E-state index < -0.39 is 6.10 Å². The van der Waals surface area contributed by atoms with E-state index in [-0.39, 0.29) is 12.7 Å². The van der Waals surface area contributed by atoms with E-state index in [1.807, 2.05) is 12.1 Å². The lowest BCUT2D eigenvalue weighted by Crippen LogP contribution is -2.45. The highest BCUT2D eigenvalue weighted by Gasteiger charge is 2.22. The van der Waals surface area contributed by atoms with E-state index in [1.54, 1.807) is 12.1 Å². The second kappa shape index (κ2) is 6.15. The highest BCUT2D eigenvalue weighted by molar-refractivity contribution is 5.41. The van der Waals surface area contributed by atoms with Crippen molar-refractivity contribution in [3.05, 3.63) is 29.8 Å². The first kappa shape index (κ1) is 13.3. The quantitative estimate of drug-likeness (QED) is 0.657. The van der Waals surface area contributed by atoms with Crippen LogP contribution in [0.4, 0.5) is 5.69 Å². The Labute approximate surface area is 107 Å². The van der Waals surface area contributed by atoms with Gasteiger partial charge in [0.1, 0.15) is 0 Å². The maximum Gasteiger partial charge on any atom is 0.0932 e. The summed E-state index contributed by atoms with van der Waals surface area (Å²) in [6.07, 6.45) is -0.710. The first-order valence-corrected chi connectivity index (χ1v) is 6.17. The summed E-state index contributed by atoms with van der Waals surface area (Å²) in [7, 11) is 0. The Morgan fingerprint density at radius 2 is 2.33 bits per heavy atom. The third kappa shape index (κ3) is 3.43. The predicted octanol–water partition coefficient (Wildman–Crippen LogP) is -0.00470. The van der Waals surface area contributed by atoms with Crippen molar-refractivity contribution in [1.29, 1.82) is 0 Å². The molecule has 1 aromatic rings. The summed E-state index contributed by atoms with van der Waals surface area (Å²) < 4.78 is 5.37. The van der Waals surface area contributed by atoms with Crippen molar-refractivity contribution in [3.63, 3.8) is 0 Å². The molecule has 5 nitrogen and oxygen atoms in total. The third-order valence-corrected chi connectivity index (χ3v) is 3.15. The van der Waals surface area contributed by atoms with Gasteiger partial charge in [0.15, 0.2) is 0 Å². The number of anilines is 1. The number of hydrogen-bond acceptors (Lipinski definition) is 5. The van der Waals surface area contributed by atoms with Gasteiger partial charge in [0.25, 0.3) is 0 Å². The van der Waals surface area contributed by atoms with Crippen LogP contribution in [-0.2, 0) is 4.74 Å². The molecule has 2 unspecified atom stereocenters. The van der Waals surface area contributed by atoms with E-state index in [0.29, 0.717) is 25.4 Å². The van der Waals surface area contributed by atoms with Crippen molar-refractivity contribution in [3.8, 4) is 0 Å². The highest BCUT2D eigenvalue weighted by atomic mass is 16.5. The van der Waals surface area contributed by atoms with Gasteiger partial charge in [0, 0.05) is 25.3 Å². The summed E-state index contributed by atoms with van der Waals surface area (Å²) >= 11 is 0. The van der Waals surface area contributed by atoms with Gasteiger partial charge >= 0.3 is 0 Å². The molecule has 0 aromatic heterocycles. The van der Waals surface area contributed by atoms with Crippen LogP contribution < -0.4 is 5.73 Å². The van der Waals surface area contributed by atoms with Crippen LogP contribution in [0, 0.1) is 0 Å². The molecule has 0 aliphatic carbocycles. The van der Waals surface area contributed by atoms with Gasteiger partial charge in [-0.2, -0.15) is 0 Å². The molecule has 1 aromatic carbocycles. The molecule has 0 spiro atoms. The van der Waals surface area contributed by atoms with E-state index in [4.69, 9.17) is 15.6 Å². The fraction of sp³-hybridized carbons (Fsp3) is 0.538. The Morgan fingerprint density at radius 1 is 1.50 bits per heavy atom. The summed E-state index contributed by atoms with van der Waals surface area (Å²) in [4.78, 5) is 2.10. The van der Waals surface area contributed by atoms with Crippen LogP contribution in [0.2, 0.25) is 0 Å². The lowest BCUT2D eigenvalue weighted by atomic mass is 10.1. The molecule has 18 heavy (non-hydrogen) atoms. The lowest BCUT2D eigenvalue weighted by molar-refractivity contribution is -0.0618. The van der Waals surface area contributed by atoms with E-state index in [9.17, 15) is 5.11 Å². The van der Waals surface area contributed by atoms with Gasteiger partial charge in [-0.1, -0.05) is 12.1 Å². The lowest BCUT2D eigenvalue weighted by Gasteiger charge is -2.33. The van der Waals surface area contributed by atoms with Crippen molar-refractivity contribution in [2.24, 2.45) is 0 Å². The zero-order valence-electron chi connectivity index (χ0n) is 10.3. The molecule has 0 bridgehead atoms. The summed E-state index contributed by atoms with van der Waals surface area (Å²) in [5.41, 5.74) is 7.17. The van der Waals surface area contributed by atoms with Gasteiger partial charge in [0.2, 0.25) is 0 Å². The second-order valence-corrected chi connectivity index (χ2v) is 4.62. The van der Waals surface area contributed by atoms with Crippen LogP contribution in [-0.4, -0.2) is 54.1 Å². The van der Waals surface area contributed by atoms with Crippen LogP contribution in [0.3, 0.4) is 0 Å². The van der Waals surface area contributed by atoms with Crippen LogP contribution in [0.1, 0.15) is 11.7 Å². The molecule has 1 aliphatic rings. The van der Waals surface area contributed by atoms with Gasteiger partial charge in [-0.15, -0.1) is 0 Å². The molecule has 0 amide bonds. The predicted molar refractivity (Wildman–Crippen MR) is 69.1 cm³/mol. The minimum absolute atomic E-state index is 0.0187. The van der Waals surface area contributed by atoms with Crippen molar-refractivity contribution >= 4 is 5.69 Å². The van der Waals surface area contributed by atoms with E-state index in [1.165, 1.54) is 0 Å². The number of nitrogens with zero attached hydrogens (tertiary/aromatic N) is 1. The Morgan fingerprint density at radius 3 is 3.06 bits per heavy atom. The molecule has 5 heteroatoms. The first-order valence-electron chi connectivity index (χ1n) is 6.17. The minimum atomic E-state index is -0.564. The molecule has 2 rings (SSSR count). The van der Waals surface area contributed by atoms with E-state index in [2.05, 4.69) is 4.90 Å². The smallest absolute Gasteiger partial charge is 0.0932 e. The topological polar surface area (TPSA) is 79.0 Å². The van der Waals surface area contributed by atoms with E-state index >= 15 is 0 Å². The fourth-order valence-electron chi connectivity index (χ4n) is 2.17. The summed E-state index contributed by atoms with van der Waals surface area (Å²) in [5.74, 6) is 0. The molecule has 1 heterocycles. The number of aliphatic hydroxyl groups is 2. The number of nitrogen functional groups attached to an aromatic ring is 1. The number of β-amino-alcohol motifs (C(OH)–C–C–N with tert-alkyl or cyclic N) is 1. The Kier molecular flexibility index (Phi) is 4.54. The molecule has 4 N–H and O–H groups in total. The largest absolute Gasteiger partial charge is 0.399 e. The molecule has 1 saturated heterocycles. The average Bonchev–Trinajstić information content (AvgIpc) is 2.39. The number of nitrogens with two attached hydrogens (primary N) is 1. The number of ether oxygens (including phenoxy) is 1. The van der Waals surface area contributed by atoms with Crippen LogP contribution >= 0.6 is 0 Å². The molecular formula is C13H20N2O3. The van der Waals surface area contributed by atoms with Gasteiger partial charge in [-0.25, -0.2) is 0 Å². The Hall–Kier alpha value is -1.14. The van der Waals surface area contributed by atoms with Crippen molar-refractivity contribution in [2.75, 3.05) is 38.6 Å². The Balaban J connectivity index is 1.92.